The fraction of sp³-hybridized carbons (Fsp3) is 0.800. The molecule has 6 nitrogen and oxygen atoms in total. The Hall–Kier alpha value is -1.14. The van der Waals surface area contributed by atoms with E-state index >= 15 is 0 Å². The minimum Gasteiger partial charge on any atom is -0.481 e. The van der Waals surface area contributed by atoms with Crippen LogP contribution in [0.4, 0.5) is 0 Å². The number of rotatable bonds is 7. The van der Waals surface area contributed by atoms with E-state index in [2.05, 4.69) is 5.32 Å². The summed E-state index contributed by atoms with van der Waals surface area (Å²) in [4.78, 5) is 22.1. The van der Waals surface area contributed by atoms with Crippen LogP contribution in [0.15, 0.2) is 0 Å². The van der Waals surface area contributed by atoms with Crippen molar-refractivity contribution >= 4 is 11.9 Å². The average molecular weight is 232 g/mol. The zero-order valence-corrected chi connectivity index (χ0v) is 9.95. The Bertz CT molecular complexity index is 253. The van der Waals surface area contributed by atoms with Gasteiger partial charge in [-0.25, -0.2) is 0 Å². The molecule has 1 unspecified atom stereocenters. The number of methoxy groups -OCH3 is 1. The fourth-order valence-corrected chi connectivity index (χ4v) is 0.972. The molecule has 0 spiro atoms. The number of hydrogen-bond donors (Lipinski definition) is 3. The van der Waals surface area contributed by atoms with Gasteiger partial charge in [0.1, 0.15) is 0 Å². The molecular weight excluding hydrogens is 212 g/mol. The second-order valence-corrected chi connectivity index (χ2v) is 4.25. The predicted molar refractivity (Wildman–Crippen MR) is 58.9 cm³/mol. The molecule has 0 aromatic carbocycles. The minimum atomic E-state index is -0.959. The summed E-state index contributed by atoms with van der Waals surface area (Å²) < 4.78 is 4.93. The van der Waals surface area contributed by atoms with Crippen LogP contribution >= 0.6 is 0 Å². The SMILES string of the molecule is COC(CNC(=O)C(C)(C)CN)CC(=O)O. The van der Waals surface area contributed by atoms with Crippen LogP contribution < -0.4 is 11.1 Å². The molecule has 0 aliphatic heterocycles. The van der Waals surface area contributed by atoms with Crippen LogP contribution in [0, 0.1) is 5.41 Å². The standard InChI is InChI=1S/C10H20N2O4/c1-10(2,6-11)9(15)12-5-7(16-3)4-8(13)14/h7H,4-6,11H2,1-3H3,(H,12,15)(H,13,14). The molecule has 94 valence electrons. The molecule has 0 aliphatic rings. The number of aliphatic carboxylic acids is 1. The van der Waals surface area contributed by atoms with Gasteiger partial charge in [-0.2, -0.15) is 0 Å². The molecule has 0 aliphatic carbocycles. The monoisotopic (exact) mass is 232 g/mol. The summed E-state index contributed by atoms with van der Waals surface area (Å²) >= 11 is 0. The lowest BCUT2D eigenvalue weighted by Crippen LogP contribution is -2.44. The van der Waals surface area contributed by atoms with E-state index in [0.29, 0.717) is 0 Å². The van der Waals surface area contributed by atoms with Gasteiger partial charge in [0.15, 0.2) is 0 Å². The molecule has 1 amide bonds. The maximum Gasteiger partial charge on any atom is 0.306 e. The third kappa shape index (κ3) is 5.09. The van der Waals surface area contributed by atoms with Crippen molar-refractivity contribution in [1.29, 1.82) is 0 Å². The first kappa shape index (κ1) is 14.9. The molecule has 16 heavy (non-hydrogen) atoms. The van der Waals surface area contributed by atoms with E-state index in [4.69, 9.17) is 15.6 Å². The van der Waals surface area contributed by atoms with Gasteiger partial charge in [-0.1, -0.05) is 0 Å². The summed E-state index contributed by atoms with van der Waals surface area (Å²) in [6.07, 6.45) is -0.658. The Morgan fingerprint density at radius 1 is 1.50 bits per heavy atom. The quantitative estimate of drug-likeness (QED) is 0.553. The molecule has 0 heterocycles. The summed E-state index contributed by atoms with van der Waals surface area (Å²) in [7, 11) is 1.41. The van der Waals surface area contributed by atoms with Gasteiger partial charge >= 0.3 is 5.97 Å². The summed E-state index contributed by atoms with van der Waals surface area (Å²) in [5, 5.41) is 11.2. The van der Waals surface area contributed by atoms with Crippen LogP contribution in [0.3, 0.4) is 0 Å². The van der Waals surface area contributed by atoms with Crippen molar-refractivity contribution < 1.29 is 19.4 Å². The van der Waals surface area contributed by atoms with Crippen molar-refractivity contribution in [3.63, 3.8) is 0 Å². The third-order valence-corrected chi connectivity index (χ3v) is 2.35. The van der Waals surface area contributed by atoms with E-state index in [1.165, 1.54) is 7.11 Å². The molecule has 0 saturated heterocycles. The predicted octanol–water partition coefficient (Wildman–Crippen LogP) is -0.423. The van der Waals surface area contributed by atoms with Gasteiger partial charge in [0.25, 0.3) is 0 Å². The highest BCUT2D eigenvalue weighted by molar-refractivity contribution is 5.82. The molecule has 0 bridgehead atoms. The highest BCUT2D eigenvalue weighted by atomic mass is 16.5. The maximum absolute atomic E-state index is 11.6. The lowest BCUT2D eigenvalue weighted by molar-refractivity contribution is -0.140. The minimum absolute atomic E-state index is 0.139. The smallest absolute Gasteiger partial charge is 0.306 e. The van der Waals surface area contributed by atoms with Gasteiger partial charge in [-0.05, 0) is 13.8 Å². The van der Waals surface area contributed by atoms with Crippen LogP contribution in [-0.2, 0) is 14.3 Å². The Morgan fingerprint density at radius 2 is 2.06 bits per heavy atom. The molecule has 6 heteroatoms. The molecule has 0 radical (unpaired) electrons. The van der Waals surface area contributed by atoms with Gasteiger partial charge in [0, 0.05) is 20.2 Å². The zero-order valence-electron chi connectivity index (χ0n) is 9.95. The van der Waals surface area contributed by atoms with Crippen molar-refractivity contribution in [3.05, 3.63) is 0 Å². The normalized spacial score (nSPS) is 13.2. The van der Waals surface area contributed by atoms with Crippen molar-refractivity contribution in [2.24, 2.45) is 11.1 Å². The molecule has 4 N–H and O–H groups in total. The number of amides is 1. The number of carboxylic acid groups (broad SMARTS) is 1. The molecule has 0 fully saturated rings. The Kier molecular flexibility index (Phi) is 5.98. The van der Waals surface area contributed by atoms with E-state index in [0.717, 1.165) is 0 Å². The van der Waals surface area contributed by atoms with Crippen molar-refractivity contribution in [2.75, 3.05) is 20.2 Å². The van der Waals surface area contributed by atoms with E-state index in [1.54, 1.807) is 13.8 Å². The van der Waals surface area contributed by atoms with Crippen LogP contribution in [0.1, 0.15) is 20.3 Å². The average Bonchev–Trinajstić information content (AvgIpc) is 2.22. The number of carbonyl (C=O) groups excluding carboxylic acids is 1. The lowest BCUT2D eigenvalue weighted by atomic mass is 9.92. The van der Waals surface area contributed by atoms with Gasteiger partial charge < -0.3 is 20.9 Å². The number of nitrogens with one attached hydrogen (secondary N) is 1. The van der Waals surface area contributed by atoms with Crippen molar-refractivity contribution in [3.8, 4) is 0 Å². The van der Waals surface area contributed by atoms with Gasteiger partial charge in [0.05, 0.1) is 17.9 Å². The Morgan fingerprint density at radius 3 is 2.44 bits per heavy atom. The fourth-order valence-electron chi connectivity index (χ4n) is 0.972. The molecular formula is C10H20N2O4. The molecule has 1 atom stereocenters. The van der Waals surface area contributed by atoms with E-state index in [1.807, 2.05) is 0 Å². The van der Waals surface area contributed by atoms with Gasteiger partial charge in [-0.15, -0.1) is 0 Å². The van der Waals surface area contributed by atoms with Crippen LogP contribution in [0.5, 0.6) is 0 Å². The summed E-state index contributed by atoms with van der Waals surface area (Å²) in [5.41, 5.74) is 4.79. The van der Waals surface area contributed by atoms with E-state index in [9.17, 15) is 9.59 Å². The summed E-state index contributed by atoms with van der Waals surface area (Å²) in [6, 6.07) is 0. The number of nitrogens with two attached hydrogens (primary N) is 1. The number of hydrogen-bond acceptors (Lipinski definition) is 4. The van der Waals surface area contributed by atoms with E-state index in [-0.39, 0.29) is 25.4 Å². The Balaban J connectivity index is 4.12. The topological polar surface area (TPSA) is 102 Å². The zero-order chi connectivity index (χ0) is 12.8. The molecule has 0 saturated carbocycles. The van der Waals surface area contributed by atoms with Crippen LogP contribution in [0.25, 0.3) is 0 Å². The first-order chi connectivity index (χ1) is 7.33. The summed E-state index contributed by atoms with van der Waals surface area (Å²) in [5.74, 6) is -1.17. The number of carboxylic acids is 1. The highest BCUT2D eigenvalue weighted by Gasteiger charge is 2.26. The highest BCUT2D eigenvalue weighted by Crippen LogP contribution is 2.12. The second kappa shape index (κ2) is 6.44. The van der Waals surface area contributed by atoms with Gasteiger partial charge in [0.2, 0.25) is 5.91 Å². The van der Waals surface area contributed by atoms with Crippen LogP contribution in [0.2, 0.25) is 0 Å². The van der Waals surface area contributed by atoms with Crippen molar-refractivity contribution in [1.82, 2.24) is 5.32 Å². The van der Waals surface area contributed by atoms with Gasteiger partial charge in [-0.3, -0.25) is 9.59 Å². The first-order valence-electron chi connectivity index (χ1n) is 5.06. The largest absolute Gasteiger partial charge is 0.481 e. The van der Waals surface area contributed by atoms with Crippen LogP contribution in [-0.4, -0.2) is 43.3 Å². The number of carbonyl (C=O) groups is 2. The lowest BCUT2D eigenvalue weighted by Gasteiger charge is -2.23. The number of ether oxygens (including phenoxy) is 1. The van der Waals surface area contributed by atoms with E-state index < -0.39 is 17.5 Å². The molecule has 0 aromatic heterocycles. The maximum atomic E-state index is 11.6. The third-order valence-electron chi connectivity index (χ3n) is 2.35. The first-order valence-corrected chi connectivity index (χ1v) is 5.06. The molecule has 0 rings (SSSR count). The summed E-state index contributed by atoms with van der Waals surface area (Å²) in [6.45, 7) is 3.85. The Labute approximate surface area is 95.1 Å². The second-order valence-electron chi connectivity index (χ2n) is 4.25. The molecule has 0 aromatic rings. The van der Waals surface area contributed by atoms with Crippen molar-refractivity contribution in [2.45, 2.75) is 26.4 Å².